The standard InChI is InChI=1S/C19H17ClN6O2S/c1-12-8-9-25(19(28)22-12)14-2-4-15(5-3-14)26-11-13(23-24-26)10-21-18(27)16-6-7-17(20)29-16/h2-9,11,23-24H,10H2,1H3,(H,21,27). The Balaban J connectivity index is 1.41. The van der Waals surface area contributed by atoms with Gasteiger partial charge in [-0.3, -0.25) is 14.4 Å². The molecule has 10 heteroatoms. The van der Waals surface area contributed by atoms with Crippen molar-refractivity contribution in [3.63, 3.8) is 0 Å². The van der Waals surface area contributed by atoms with E-state index in [0.717, 1.165) is 17.1 Å². The molecule has 8 nitrogen and oxygen atoms in total. The highest BCUT2D eigenvalue weighted by molar-refractivity contribution is 7.17. The summed E-state index contributed by atoms with van der Waals surface area (Å²) in [5.41, 5.74) is 8.77. The van der Waals surface area contributed by atoms with Crippen molar-refractivity contribution < 1.29 is 4.79 Å². The van der Waals surface area contributed by atoms with Crippen LogP contribution in [0.1, 0.15) is 15.4 Å². The zero-order chi connectivity index (χ0) is 20.4. The number of thiophene rings is 1. The molecule has 0 fully saturated rings. The largest absolute Gasteiger partial charge is 0.352 e. The van der Waals surface area contributed by atoms with E-state index in [1.165, 1.54) is 15.9 Å². The second-order valence-corrected chi connectivity index (χ2v) is 8.00. The van der Waals surface area contributed by atoms with Crippen LogP contribution in [-0.2, 0) is 0 Å². The first-order valence-corrected chi connectivity index (χ1v) is 9.91. The van der Waals surface area contributed by atoms with E-state index < -0.39 is 0 Å². The molecule has 1 amide bonds. The number of benzene rings is 1. The normalized spacial score (nSPS) is 13.2. The molecule has 1 aromatic carbocycles. The first-order valence-electron chi connectivity index (χ1n) is 8.71. The molecule has 29 heavy (non-hydrogen) atoms. The van der Waals surface area contributed by atoms with Gasteiger partial charge in [-0.15, -0.1) is 16.9 Å². The number of hydrazine groups is 2. The molecule has 0 atom stereocenters. The third-order valence-electron chi connectivity index (χ3n) is 4.21. The third kappa shape index (κ3) is 4.32. The fourth-order valence-electron chi connectivity index (χ4n) is 2.74. The van der Waals surface area contributed by atoms with Gasteiger partial charge in [0.2, 0.25) is 0 Å². The number of carbonyl (C=O) groups excluding carboxylic acids is 1. The smallest absolute Gasteiger partial charge is 0.346 e. The van der Waals surface area contributed by atoms with Crippen LogP contribution < -0.4 is 27.0 Å². The molecule has 4 rings (SSSR count). The number of aromatic nitrogens is 2. The minimum absolute atomic E-state index is 0.176. The lowest BCUT2D eigenvalue weighted by Crippen LogP contribution is -2.38. The van der Waals surface area contributed by atoms with Gasteiger partial charge in [0.25, 0.3) is 5.91 Å². The molecule has 148 valence electrons. The average Bonchev–Trinajstić information content (AvgIpc) is 3.36. The van der Waals surface area contributed by atoms with Gasteiger partial charge in [-0.05, 0) is 49.4 Å². The van der Waals surface area contributed by atoms with Crippen molar-refractivity contribution in [2.75, 3.05) is 11.6 Å². The Hall–Kier alpha value is -3.14. The first-order chi connectivity index (χ1) is 14.0. The molecule has 0 bridgehead atoms. The monoisotopic (exact) mass is 428 g/mol. The van der Waals surface area contributed by atoms with Gasteiger partial charge in [-0.2, -0.15) is 4.98 Å². The van der Waals surface area contributed by atoms with Gasteiger partial charge in [0.1, 0.15) is 0 Å². The number of amides is 1. The van der Waals surface area contributed by atoms with E-state index >= 15 is 0 Å². The highest BCUT2D eigenvalue weighted by atomic mass is 35.5. The van der Waals surface area contributed by atoms with Crippen molar-refractivity contribution in [2.45, 2.75) is 6.92 Å². The summed E-state index contributed by atoms with van der Waals surface area (Å²) in [6, 6.07) is 12.6. The number of hydrogen-bond acceptors (Lipinski definition) is 7. The maximum Gasteiger partial charge on any atom is 0.352 e. The lowest BCUT2D eigenvalue weighted by Gasteiger charge is -2.15. The van der Waals surface area contributed by atoms with Crippen LogP contribution in [0.5, 0.6) is 0 Å². The molecule has 0 saturated heterocycles. The number of rotatable bonds is 5. The van der Waals surface area contributed by atoms with Gasteiger partial charge in [-0.1, -0.05) is 11.6 Å². The second-order valence-electron chi connectivity index (χ2n) is 6.29. The average molecular weight is 429 g/mol. The van der Waals surface area contributed by atoms with Gasteiger partial charge >= 0.3 is 5.69 Å². The van der Waals surface area contributed by atoms with E-state index in [2.05, 4.69) is 21.3 Å². The summed E-state index contributed by atoms with van der Waals surface area (Å²) >= 11 is 7.10. The topological polar surface area (TPSA) is 91.3 Å². The van der Waals surface area contributed by atoms with Crippen LogP contribution in [0, 0.1) is 6.92 Å². The molecule has 1 aliphatic heterocycles. The molecule has 3 heterocycles. The molecule has 0 unspecified atom stereocenters. The summed E-state index contributed by atoms with van der Waals surface area (Å²) in [5.74, 6) is -0.176. The van der Waals surface area contributed by atoms with Crippen molar-refractivity contribution in [3.05, 3.63) is 86.0 Å². The van der Waals surface area contributed by atoms with E-state index in [4.69, 9.17) is 11.6 Å². The third-order valence-corrected chi connectivity index (χ3v) is 5.44. The number of nitrogens with one attached hydrogen (secondary N) is 3. The summed E-state index contributed by atoms with van der Waals surface area (Å²) in [4.78, 5) is 28.6. The molecule has 3 aromatic rings. The zero-order valence-corrected chi connectivity index (χ0v) is 16.9. The predicted molar refractivity (Wildman–Crippen MR) is 113 cm³/mol. The number of carbonyl (C=O) groups is 1. The number of nitrogens with zero attached hydrogens (tertiary/aromatic N) is 3. The molecule has 0 spiro atoms. The van der Waals surface area contributed by atoms with E-state index in [-0.39, 0.29) is 11.6 Å². The Morgan fingerprint density at radius 3 is 2.62 bits per heavy atom. The summed E-state index contributed by atoms with van der Waals surface area (Å²) < 4.78 is 2.06. The van der Waals surface area contributed by atoms with Gasteiger partial charge in [0.15, 0.2) is 0 Å². The van der Waals surface area contributed by atoms with Gasteiger partial charge in [-0.25, -0.2) is 4.79 Å². The predicted octanol–water partition coefficient (Wildman–Crippen LogP) is 2.36. The minimum Gasteiger partial charge on any atom is -0.346 e. The van der Waals surface area contributed by atoms with Gasteiger partial charge < -0.3 is 10.7 Å². The SMILES string of the molecule is Cc1ccn(-c2ccc(N3C=C(CNC(=O)c4ccc(Cl)s4)NN3)cc2)c(=O)n1. The minimum atomic E-state index is -0.316. The van der Waals surface area contributed by atoms with Crippen LogP contribution in [0.2, 0.25) is 4.34 Å². The first kappa shape index (κ1) is 19.2. The maximum atomic E-state index is 12.1. The Labute approximate surface area is 175 Å². The fraction of sp³-hybridized carbons (Fsp3) is 0.105. The van der Waals surface area contributed by atoms with Gasteiger partial charge in [0, 0.05) is 18.1 Å². The van der Waals surface area contributed by atoms with Crippen LogP contribution in [0.25, 0.3) is 5.69 Å². The van der Waals surface area contributed by atoms with Crippen molar-refractivity contribution >= 4 is 34.5 Å². The van der Waals surface area contributed by atoms with Crippen molar-refractivity contribution in [3.8, 4) is 5.69 Å². The second kappa shape index (κ2) is 8.08. The van der Waals surface area contributed by atoms with Crippen LogP contribution >= 0.6 is 22.9 Å². The van der Waals surface area contributed by atoms with E-state index in [0.29, 0.717) is 21.5 Å². The van der Waals surface area contributed by atoms with Crippen LogP contribution in [0.3, 0.4) is 0 Å². The lowest BCUT2D eigenvalue weighted by molar-refractivity contribution is 0.0960. The Morgan fingerprint density at radius 1 is 1.17 bits per heavy atom. The maximum absolute atomic E-state index is 12.1. The quantitative estimate of drug-likeness (QED) is 0.578. The Bertz CT molecular complexity index is 1140. The highest BCUT2D eigenvalue weighted by Crippen LogP contribution is 2.21. The summed E-state index contributed by atoms with van der Waals surface area (Å²) in [7, 11) is 0. The molecule has 0 radical (unpaired) electrons. The summed E-state index contributed by atoms with van der Waals surface area (Å²) in [6.45, 7) is 2.11. The molecular formula is C19H17ClN6O2S. The Kier molecular flexibility index (Phi) is 5.34. The number of aryl methyl sites for hydroxylation is 1. The fourth-order valence-corrected chi connectivity index (χ4v) is 3.70. The molecule has 3 N–H and O–H groups in total. The van der Waals surface area contributed by atoms with Crippen LogP contribution in [0.15, 0.2) is 65.4 Å². The van der Waals surface area contributed by atoms with Crippen LogP contribution in [-0.4, -0.2) is 22.0 Å². The van der Waals surface area contributed by atoms with E-state index in [1.54, 1.807) is 36.3 Å². The van der Waals surface area contributed by atoms with Crippen molar-refractivity contribution in [1.29, 1.82) is 0 Å². The molecule has 2 aromatic heterocycles. The number of halogens is 1. The summed E-state index contributed by atoms with van der Waals surface area (Å²) in [6.07, 6.45) is 3.55. The highest BCUT2D eigenvalue weighted by Gasteiger charge is 2.15. The molecule has 0 aliphatic carbocycles. The van der Waals surface area contributed by atoms with Gasteiger partial charge in [0.05, 0.1) is 32.8 Å². The summed E-state index contributed by atoms with van der Waals surface area (Å²) in [5, 5.41) is 4.62. The molecule has 0 saturated carbocycles. The zero-order valence-electron chi connectivity index (χ0n) is 15.3. The lowest BCUT2D eigenvalue weighted by atomic mass is 10.2. The van der Waals surface area contributed by atoms with E-state index in [1.807, 2.05) is 30.5 Å². The van der Waals surface area contributed by atoms with Crippen molar-refractivity contribution in [2.24, 2.45) is 0 Å². The number of hydrogen-bond donors (Lipinski definition) is 3. The Morgan fingerprint density at radius 2 is 1.93 bits per heavy atom. The van der Waals surface area contributed by atoms with Crippen molar-refractivity contribution in [1.82, 2.24) is 25.8 Å². The van der Waals surface area contributed by atoms with Crippen LogP contribution in [0.4, 0.5) is 5.69 Å². The molecule has 1 aliphatic rings. The van der Waals surface area contributed by atoms with E-state index in [9.17, 15) is 9.59 Å². The number of anilines is 1. The molecular weight excluding hydrogens is 412 g/mol.